The van der Waals surface area contributed by atoms with Gasteiger partial charge in [-0.25, -0.2) is 4.98 Å². The number of hydrogen-bond acceptors (Lipinski definition) is 6. The van der Waals surface area contributed by atoms with Gasteiger partial charge in [-0.15, -0.1) is 0 Å². The molecule has 154 valence electrons. The Morgan fingerprint density at radius 3 is 2.69 bits per heavy atom. The lowest BCUT2D eigenvalue weighted by Crippen LogP contribution is -2.51. The number of carbonyl (C=O) groups is 2. The standard InChI is InChI=1S/C20H24N4O4S/c1-2-4-14-11-18(26)24-15(13-29-20(24)21-14)12-17(25)22-6-8-23(9-7-22)19(27)16-5-3-10-28-16/h3,5,10-11,15H,2,4,6-9,12-13H2,1H3. The highest BCUT2D eigenvalue weighted by Gasteiger charge is 2.31. The van der Waals surface area contributed by atoms with Crippen molar-refractivity contribution in [2.24, 2.45) is 0 Å². The van der Waals surface area contributed by atoms with Crippen LogP contribution in [-0.2, 0) is 11.2 Å². The summed E-state index contributed by atoms with van der Waals surface area (Å²) in [6.07, 6.45) is 3.48. The summed E-state index contributed by atoms with van der Waals surface area (Å²) >= 11 is 1.54. The largest absolute Gasteiger partial charge is 0.459 e. The minimum absolute atomic E-state index is 0.0121. The summed E-state index contributed by atoms with van der Waals surface area (Å²) in [4.78, 5) is 45.7. The van der Waals surface area contributed by atoms with Crippen molar-refractivity contribution >= 4 is 23.6 Å². The van der Waals surface area contributed by atoms with Crippen LogP contribution < -0.4 is 5.56 Å². The lowest BCUT2D eigenvalue weighted by Gasteiger charge is -2.34. The molecule has 9 heteroatoms. The van der Waals surface area contributed by atoms with Gasteiger partial charge in [0.05, 0.1) is 12.3 Å². The molecule has 1 saturated heterocycles. The van der Waals surface area contributed by atoms with Crippen molar-refractivity contribution in [1.82, 2.24) is 19.4 Å². The molecule has 4 rings (SSSR count). The average molecular weight is 417 g/mol. The Bertz CT molecular complexity index is 948. The van der Waals surface area contributed by atoms with E-state index in [4.69, 9.17) is 4.42 Å². The fourth-order valence-electron chi connectivity index (χ4n) is 3.78. The second-order valence-corrected chi connectivity index (χ2v) is 8.29. The normalized spacial score (nSPS) is 18.7. The van der Waals surface area contributed by atoms with Gasteiger partial charge in [0.1, 0.15) is 0 Å². The zero-order valence-electron chi connectivity index (χ0n) is 16.4. The molecule has 1 fully saturated rings. The van der Waals surface area contributed by atoms with Gasteiger partial charge in [0.2, 0.25) is 5.91 Å². The van der Waals surface area contributed by atoms with Gasteiger partial charge in [0.15, 0.2) is 10.9 Å². The average Bonchev–Trinajstić information content (AvgIpc) is 3.38. The quantitative estimate of drug-likeness (QED) is 0.691. The van der Waals surface area contributed by atoms with Crippen LogP contribution in [0.4, 0.5) is 0 Å². The lowest BCUT2D eigenvalue weighted by molar-refractivity contribution is -0.133. The maximum absolute atomic E-state index is 12.8. The van der Waals surface area contributed by atoms with E-state index in [9.17, 15) is 14.4 Å². The van der Waals surface area contributed by atoms with E-state index in [0.717, 1.165) is 18.5 Å². The lowest BCUT2D eigenvalue weighted by atomic mass is 10.2. The Morgan fingerprint density at radius 1 is 1.24 bits per heavy atom. The summed E-state index contributed by atoms with van der Waals surface area (Å²) in [7, 11) is 0. The summed E-state index contributed by atoms with van der Waals surface area (Å²) < 4.78 is 6.83. The van der Waals surface area contributed by atoms with Crippen LogP contribution in [0.2, 0.25) is 0 Å². The van der Waals surface area contributed by atoms with E-state index in [1.165, 1.54) is 18.0 Å². The van der Waals surface area contributed by atoms with E-state index >= 15 is 0 Å². The zero-order valence-corrected chi connectivity index (χ0v) is 17.2. The van der Waals surface area contributed by atoms with Crippen molar-refractivity contribution in [1.29, 1.82) is 0 Å². The van der Waals surface area contributed by atoms with Crippen molar-refractivity contribution < 1.29 is 14.0 Å². The molecular weight excluding hydrogens is 392 g/mol. The molecule has 0 bridgehead atoms. The molecule has 2 amide bonds. The Balaban J connectivity index is 1.36. The van der Waals surface area contributed by atoms with Crippen LogP contribution in [0.3, 0.4) is 0 Å². The van der Waals surface area contributed by atoms with Crippen LogP contribution in [0.25, 0.3) is 0 Å². The zero-order chi connectivity index (χ0) is 20.4. The first-order valence-electron chi connectivity index (χ1n) is 9.92. The van der Waals surface area contributed by atoms with Crippen LogP contribution in [0, 0.1) is 0 Å². The third-order valence-electron chi connectivity index (χ3n) is 5.31. The third kappa shape index (κ3) is 4.10. The maximum atomic E-state index is 12.8. The molecule has 0 radical (unpaired) electrons. The van der Waals surface area contributed by atoms with Crippen LogP contribution >= 0.6 is 11.8 Å². The molecule has 2 aliphatic heterocycles. The minimum Gasteiger partial charge on any atom is -0.459 e. The SMILES string of the molecule is CCCc1cc(=O)n2c(n1)SCC2CC(=O)N1CCN(C(=O)c2ccco2)CC1. The Labute approximate surface area is 172 Å². The van der Waals surface area contributed by atoms with Crippen molar-refractivity contribution in [3.8, 4) is 0 Å². The Morgan fingerprint density at radius 2 is 2.00 bits per heavy atom. The third-order valence-corrected chi connectivity index (χ3v) is 6.41. The molecule has 1 atom stereocenters. The number of fused-ring (bicyclic) bond motifs is 1. The van der Waals surface area contributed by atoms with Gasteiger partial charge in [-0.2, -0.15) is 0 Å². The van der Waals surface area contributed by atoms with Crippen LogP contribution in [0.5, 0.6) is 0 Å². The van der Waals surface area contributed by atoms with Crippen LogP contribution in [0.15, 0.2) is 38.8 Å². The summed E-state index contributed by atoms with van der Waals surface area (Å²) in [5, 5.41) is 0.715. The number of nitrogens with zero attached hydrogens (tertiary/aromatic N) is 4. The highest BCUT2D eigenvalue weighted by Crippen LogP contribution is 2.32. The number of amides is 2. The second-order valence-electron chi connectivity index (χ2n) is 7.31. The number of aromatic nitrogens is 2. The number of hydrogen-bond donors (Lipinski definition) is 0. The molecule has 0 spiro atoms. The highest BCUT2D eigenvalue weighted by molar-refractivity contribution is 7.99. The van der Waals surface area contributed by atoms with Gasteiger partial charge in [-0.05, 0) is 18.6 Å². The molecule has 0 saturated carbocycles. The van der Waals surface area contributed by atoms with E-state index in [-0.39, 0.29) is 29.8 Å². The molecule has 8 nitrogen and oxygen atoms in total. The number of piperazine rings is 1. The van der Waals surface area contributed by atoms with Crippen molar-refractivity contribution in [2.75, 3.05) is 31.9 Å². The first kappa shape index (κ1) is 19.8. The van der Waals surface area contributed by atoms with Crippen LogP contribution in [-0.4, -0.2) is 63.1 Å². The molecule has 0 aromatic carbocycles. The molecule has 0 aliphatic carbocycles. The molecular formula is C20H24N4O4S. The molecule has 2 aliphatic rings. The van der Waals surface area contributed by atoms with Gasteiger partial charge >= 0.3 is 0 Å². The molecule has 2 aromatic heterocycles. The summed E-state index contributed by atoms with van der Waals surface area (Å²) in [6, 6.07) is 4.76. The second kappa shape index (κ2) is 8.44. The minimum atomic E-state index is -0.166. The molecule has 1 unspecified atom stereocenters. The summed E-state index contributed by atoms with van der Waals surface area (Å²) in [6.45, 7) is 3.98. The fourth-order valence-corrected chi connectivity index (χ4v) is 4.95. The first-order valence-corrected chi connectivity index (χ1v) is 10.9. The number of thioether (sulfide) groups is 1. The predicted molar refractivity (Wildman–Crippen MR) is 108 cm³/mol. The molecule has 4 heterocycles. The number of carbonyl (C=O) groups excluding carboxylic acids is 2. The van der Waals surface area contributed by atoms with Crippen LogP contribution in [0.1, 0.15) is 42.1 Å². The van der Waals surface area contributed by atoms with Crippen molar-refractivity contribution in [2.45, 2.75) is 37.4 Å². The molecule has 29 heavy (non-hydrogen) atoms. The monoisotopic (exact) mass is 416 g/mol. The van der Waals surface area contributed by atoms with Gasteiger partial charge in [-0.3, -0.25) is 19.0 Å². The topological polar surface area (TPSA) is 88.7 Å². The summed E-state index contributed by atoms with van der Waals surface area (Å²) in [5.41, 5.74) is 0.746. The van der Waals surface area contributed by atoms with E-state index in [0.29, 0.717) is 42.8 Å². The van der Waals surface area contributed by atoms with E-state index in [2.05, 4.69) is 11.9 Å². The van der Waals surface area contributed by atoms with Gasteiger partial charge in [-0.1, -0.05) is 25.1 Å². The highest BCUT2D eigenvalue weighted by atomic mass is 32.2. The van der Waals surface area contributed by atoms with Gasteiger partial charge in [0.25, 0.3) is 11.5 Å². The van der Waals surface area contributed by atoms with E-state index in [1.54, 1.807) is 32.6 Å². The molecule has 0 N–H and O–H groups in total. The van der Waals surface area contributed by atoms with Gasteiger partial charge in [0, 0.05) is 50.1 Å². The van der Waals surface area contributed by atoms with Crippen molar-refractivity contribution in [3.63, 3.8) is 0 Å². The number of rotatable bonds is 5. The predicted octanol–water partition coefficient (Wildman–Crippen LogP) is 1.81. The van der Waals surface area contributed by atoms with Gasteiger partial charge < -0.3 is 14.2 Å². The summed E-state index contributed by atoms with van der Waals surface area (Å²) in [5.74, 6) is 0.862. The maximum Gasteiger partial charge on any atom is 0.289 e. The Hall–Kier alpha value is -2.55. The van der Waals surface area contributed by atoms with E-state index < -0.39 is 0 Å². The smallest absolute Gasteiger partial charge is 0.289 e. The fraction of sp³-hybridized carbons (Fsp3) is 0.500. The number of aryl methyl sites for hydroxylation is 1. The molecule has 2 aromatic rings. The van der Waals surface area contributed by atoms with E-state index in [1.807, 2.05) is 0 Å². The number of furan rings is 1. The van der Waals surface area contributed by atoms with Crippen molar-refractivity contribution in [3.05, 3.63) is 46.3 Å². The Kier molecular flexibility index (Phi) is 5.75. The first-order chi connectivity index (χ1) is 14.1.